The van der Waals surface area contributed by atoms with E-state index in [1.807, 2.05) is 37.3 Å². The second-order valence-corrected chi connectivity index (χ2v) is 8.05. The number of hydrogen-bond acceptors (Lipinski definition) is 3. The van der Waals surface area contributed by atoms with E-state index in [2.05, 4.69) is 10.6 Å². The summed E-state index contributed by atoms with van der Waals surface area (Å²) in [6, 6.07) is 14.3. The fourth-order valence-corrected chi connectivity index (χ4v) is 3.96. The Bertz CT molecular complexity index is 936. The highest BCUT2D eigenvalue weighted by atomic mass is 35.5. The molecule has 1 saturated heterocycles. The van der Waals surface area contributed by atoms with Crippen molar-refractivity contribution >= 4 is 40.9 Å². The predicted molar refractivity (Wildman–Crippen MR) is 116 cm³/mol. The average molecular weight is 448 g/mol. The number of likely N-dealkylation sites (tertiary alicyclic amines) is 1. The van der Waals surface area contributed by atoms with E-state index in [1.165, 1.54) is 6.07 Å². The molecule has 158 valence electrons. The maximum Gasteiger partial charge on any atom is 0.252 e. The van der Waals surface area contributed by atoms with Crippen molar-refractivity contribution in [2.24, 2.45) is 5.92 Å². The number of halogens is 2. The Balaban J connectivity index is 1.45. The summed E-state index contributed by atoms with van der Waals surface area (Å²) < 4.78 is 0. The molecule has 8 heteroatoms. The van der Waals surface area contributed by atoms with Gasteiger partial charge in [-0.05, 0) is 30.7 Å². The quantitative estimate of drug-likeness (QED) is 0.637. The van der Waals surface area contributed by atoms with Crippen LogP contribution < -0.4 is 10.6 Å². The molecule has 2 unspecified atom stereocenters. The summed E-state index contributed by atoms with van der Waals surface area (Å²) in [7, 11) is 0. The Morgan fingerprint density at radius 1 is 1.10 bits per heavy atom. The third kappa shape index (κ3) is 5.32. The lowest BCUT2D eigenvalue weighted by Gasteiger charge is -2.25. The van der Waals surface area contributed by atoms with E-state index in [0.717, 1.165) is 5.56 Å². The van der Waals surface area contributed by atoms with Gasteiger partial charge in [-0.2, -0.15) is 0 Å². The van der Waals surface area contributed by atoms with Gasteiger partial charge in [0.25, 0.3) is 5.91 Å². The van der Waals surface area contributed by atoms with Crippen molar-refractivity contribution in [3.05, 3.63) is 69.7 Å². The fraction of sp³-hybridized carbons (Fsp3) is 0.318. The molecule has 0 bridgehead atoms. The van der Waals surface area contributed by atoms with Gasteiger partial charge in [-0.3, -0.25) is 14.4 Å². The summed E-state index contributed by atoms with van der Waals surface area (Å²) in [6.07, 6.45) is 0.190. The van der Waals surface area contributed by atoms with E-state index in [4.69, 9.17) is 23.2 Å². The van der Waals surface area contributed by atoms with Gasteiger partial charge in [0.2, 0.25) is 11.8 Å². The molecule has 1 fully saturated rings. The van der Waals surface area contributed by atoms with Gasteiger partial charge in [-0.15, -0.1) is 0 Å². The highest BCUT2D eigenvalue weighted by Gasteiger charge is 2.36. The van der Waals surface area contributed by atoms with Gasteiger partial charge in [0.05, 0.1) is 22.5 Å². The molecular weight excluding hydrogens is 425 g/mol. The van der Waals surface area contributed by atoms with Crippen LogP contribution in [0.15, 0.2) is 48.5 Å². The molecule has 2 aromatic carbocycles. The number of rotatable bonds is 7. The molecular formula is C22H23Cl2N3O3. The Hall–Kier alpha value is -2.57. The second kappa shape index (κ2) is 9.96. The molecule has 2 N–H and O–H groups in total. The minimum atomic E-state index is -0.398. The van der Waals surface area contributed by atoms with Crippen molar-refractivity contribution in [1.82, 2.24) is 15.5 Å². The van der Waals surface area contributed by atoms with Crippen LogP contribution in [0.25, 0.3) is 0 Å². The maximum absolute atomic E-state index is 12.5. The minimum Gasteiger partial charge on any atom is -0.354 e. The smallest absolute Gasteiger partial charge is 0.252 e. The molecule has 0 radical (unpaired) electrons. The molecule has 2 aromatic rings. The van der Waals surface area contributed by atoms with Crippen LogP contribution in [0.5, 0.6) is 0 Å². The lowest BCUT2D eigenvalue weighted by molar-refractivity contribution is -0.130. The maximum atomic E-state index is 12.5. The summed E-state index contributed by atoms with van der Waals surface area (Å²) in [5.74, 6) is -0.961. The van der Waals surface area contributed by atoms with Crippen molar-refractivity contribution in [2.75, 3.05) is 19.6 Å². The van der Waals surface area contributed by atoms with Gasteiger partial charge in [-0.25, -0.2) is 0 Å². The molecule has 0 aromatic heterocycles. The molecule has 30 heavy (non-hydrogen) atoms. The van der Waals surface area contributed by atoms with E-state index in [0.29, 0.717) is 17.1 Å². The van der Waals surface area contributed by atoms with Crippen molar-refractivity contribution in [3.8, 4) is 0 Å². The lowest BCUT2D eigenvalue weighted by Crippen LogP contribution is -2.38. The first-order valence-electron chi connectivity index (χ1n) is 9.72. The van der Waals surface area contributed by atoms with Crippen LogP contribution in [-0.4, -0.2) is 42.3 Å². The van der Waals surface area contributed by atoms with Gasteiger partial charge >= 0.3 is 0 Å². The van der Waals surface area contributed by atoms with E-state index in [1.54, 1.807) is 17.0 Å². The highest BCUT2D eigenvalue weighted by molar-refractivity contribution is 6.36. The normalized spacial score (nSPS) is 17.0. The molecule has 2 atom stereocenters. The van der Waals surface area contributed by atoms with Crippen LogP contribution >= 0.6 is 23.2 Å². The van der Waals surface area contributed by atoms with Crippen LogP contribution in [0.1, 0.15) is 35.3 Å². The van der Waals surface area contributed by atoms with Gasteiger partial charge in [0.15, 0.2) is 0 Å². The van der Waals surface area contributed by atoms with Crippen molar-refractivity contribution < 1.29 is 14.4 Å². The standard InChI is InChI=1S/C22H23Cl2N3O3/c1-14(15-5-3-2-4-6-15)27-13-16(11-20(27)28)21(29)25-9-10-26-22(30)18-8-7-17(23)12-19(18)24/h2-8,12,14,16H,9-11,13H2,1H3,(H,25,29)(H,26,30). The number of hydrogen-bond donors (Lipinski definition) is 2. The first-order chi connectivity index (χ1) is 14.4. The molecule has 0 spiro atoms. The molecule has 1 heterocycles. The third-order valence-electron chi connectivity index (χ3n) is 5.16. The largest absolute Gasteiger partial charge is 0.354 e. The molecule has 0 aliphatic carbocycles. The summed E-state index contributed by atoms with van der Waals surface area (Å²) in [4.78, 5) is 38.8. The Morgan fingerprint density at radius 3 is 2.50 bits per heavy atom. The van der Waals surface area contributed by atoms with E-state index >= 15 is 0 Å². The Morgan fingerprint density at radius 2 is 1.80 bits per heavy atom. The number of benzene rings is 2. The summed E-state index contributed by atoms with van der Waals surface area (Å²) in [6.45, 7) is 2.85. The number of nitrogens with one attached hydrogen (secondary N) is 2. The second-order valence-electron chi connectivity index (χ2n) is 7.20. The molecule has 1 aliphatic rings. The van der Waals surface area contributed by atoms with Gasteiger partial charge in [0, 0.05) is 31.1 Å². The van der Waals surface area contributed by atoms with Crippen LogP contribution in [0.2, 0.25) is 10.0 Å². The Kier molecular flexibility index (Phi) is 7.34. The van der Waals surface area contributed by atoms with E-state index in [-0.39, 0.29) is 48.3 Å². The van der Waals surface area contributed by atoms with Crippen molar-refractivity contribution in [2.45, 2.75) is 19.4 Å². The first-order valence-corrected chi connectivity index (χ1v) is 10.5. The predicted octanol–water partition coefficient (Wildman–Crippen LogP) is 3.45. The fourth-order valence-electron chi connectivity index (χ4n) is 3.47. The first kappa shape index (κ1) is 22.1. The van der Waals surface area contributed by atoms with Crippen LogP contribution in [0.3, 0.4) is 0 Å². The number of carbonyl (C=O) groups is 3. The molecule has 3 amide bonds. The minimum absolute atomic E-state index is 0.0304. The zero-order chi connectivity index (χ0) is 21.7. The average Bonchev–Trinajstić information content (AvgIpc) is 3.12. The van der Waals surface area contributed by atoms with Crippen LogP contribution in [0, 0.1) is 5.92 Å². The lowest BCUT2D eigenvalue weighted by atomic mass is 10.1. The van der Waals surface area contributed by atoms with Gasteiger partial charge in [0.1, 0.15) is 0 Å². The third-order valence-corrected chi connectivity index (χ3v) is 5.71. The van der Waals surface area contributed by atoms with Gasteiger partial charge < -0.3 is 15.5 Å². The zero-order valence-electron chi connectivity index (χ0n) is 16.5. The molecule has 3 rings (SSSR count). The van der Waals surface area contributed by atoms with E-state index < -0.39 is 5.92 Å². The highest BCUT2D eigenvalue weighted by Crippen LogP contribution is 2.28. The Labute approximate surface area is 185 Å². The SMILES string of the molecule is CC(c1ccccc1)N1CC(C(=O)NCCNC(=O)c2ccc(Cl)cc2Cl)CC1=O. The number of carbonyl (C=O) groups excluding carboxylic acids is 3. The number of nitrogens with zero attached hydrogens (tertiary/aromatic N) is 1. The van der Waals surface area contributed by atoms with Crippen LogP contribution in [0.4, 0.5) is 0 Å². The number of amides is 3. The molecule has 0 saturated carbocycles. The monoisotopic (exact) mass is 447 g/mol. The molecule has 6 nitrogen and oxygen atoms in total. The van der Waals surface area contributed by atoms with E-state index in [9.17, 15) is 14.4 Å². The topological polar surface area (TPSA) is 78.5 Å². The summed E-state index contributed by atoms with van der Waals surface area (Å²) >= 11 is 11.8. The summed E-state index contributed by atoms with van der Waals surface area (Å²) in [5, 5.41) is 6.21. The summed E-state index contributed by atoms with van der Waals surface area (Å²) in [5.41, 5.74) is 1.36. The van der Waals surface area contributed by atoms with Gasteiger partial charge in [-0.1, -0.05) is 53.5 Å². The van der Waals surface area contributed by atoms with Crippen molar-refractivity contribution in [3.63, 3.8) is 0 Å². The van der Waals surface area contributed by atoms with Crippen molar-refractivity contribution in [1.29, 1.82) is 0 Å². The zero-order valence-corrected chi connectivity index (χ0v) is 18.0. The van der Waals surface area contributed by atoms with Crippen LogP contribution in [-0.2, 0) is 9.59 Å². The molecule has 1 aliphatic heterocycles.